The van der Waals surface area contributed by atoms with Gasteiger partial charge in [-0.2, -0.15) is 5.26 Å². The summed E-state index contributed by atoms with van der Waals surface area (Å²) in [5.74, 6) is 0.232. The molecule has 3 rings (SSSR count). The van der Waals surface area contributed by atoms with Gasteiger partial charge in [-0.15, -0.1) is 0 Å². The summed E-state index contributed by atoms with van der Waals surface area (Å²) >= 11 is 0. The van der Waals surface area contributed by atoms with Crippen molar-refractivity contribution in [3.63, 3.8) is 0 Å². The number of aromatic nitrogens is 3. The zero-order chi connectivity index (χ0) is 19.2. The highest BCUT2D eigenvalue weighted by molar-refractivity contribution is 5.88. The van der Waals surface area contributed by atoms with Gasteiger partial charge >= 0.3 is 5.69 Å². The topological polar surface area (TPSA) is 95.6 Å². The molecular formula is C19H21N5O2. The van der Waals surface area contributed by atoms with Crippen LogP contribution in [-0.2, 0) is 20.6 Å². The van der Waals surface area contributed by atoms with E-state index in [4.69, 9.17) is 0 Å². The molecule has 0 spiro atoms. The Hall–Kier alpha value is -3.27. The molecule has 134 valence electrons. The predicted octanol–water partition coefficient (Wildman–Crippen LogP) is 1.97. The fourth-order valence-corrected chi connectivity index (χ4v) is 3.26. The normalized spacial score (nSPS) is 10.9. The fourth-order valence-electron chi connectivity index (χ4n) is 3.26. The molecule has 1 aromatic carbocycles. The van der Waals surface area contributed by atoms with Crippen LogP contribution in [0.5, 0.6) is 0 Å². The molecule has 0 aliphatic carbocycles. The first-order valence-electron chi connectivity index (χ1n) is 8.28. The molecule has 7 nitrogen and oxygen atoms in total. The predicted molar refractivity (Wildman–Crippen MR) is 101 cm³/mol. The lowest BCUT2D eigenvalue weighted by Gasteiger charge is -2.14. The van der Waals surface area contributed by atoms with E-state index in [9.17, 15) is 14.9 Å². The van der Waals surface area contributed by atoms with Gasteiger partial charge in [-0.3, -0.25) is 13.9 Å². The highest BCUT2D eigenvalue weighted by atomic mass is 16.2. The molecular weight excluding hydrogens is 330 g/mol. The molecule has 0 unspecified atom stereocenters. The maximum Gasteiger partial charge on any atom is 0.332 e. The Balaban J connectivity index is 2.10. The number of hydrogen-bond donors (Lipinski definition) is 2. The van der Waals surface area contributed by atoms with Crippen molar-refractivity contribution in [3.8, 4) is 6.07 Å². The zero-order valence-electron chi connectivity index (χ0n) is 15.5. The summed E-state index contributed by atoms with van der Waals surface area (Å²) in [6.07, 6.45) is 0. The molecule has 2 heterocycles. The molecule has 0 aliphatic heterocycles. The Morgan fingerprint density at radius 1 is 1.15 bits per heavy atom. The minimum atomic E-state index is -0.598. The van der Waals surface area contributed by atoms with Crippen molar-refractivity contribution in [1.82, 2.24) is 14.1 Å². The third-order valence-corrected chi connectivity index (χ3v) is 4.87. The van der Waals surface area contributed by atoms with Crippen LogP contribution in [0.25, 0.3) is 10.9 Å². The van der Waals surface area contributed by atoms with Crippen LogP contribution in [0.2, 0.25) is 0 Å². The average Bonchev–Trinajstić information content (AvgIpc) is 2.89. The molecule has 0 bridgehead atoms. The summed E-state index contributed by atoms with van der Waals surface area (Å²) in [7, 11) is 2.91. The molecule has 0 amide bonds. The van der Waals surface area contributed by atoms with Crippen molar-refractivity contribution in [2.75, 3.05) is 5.32 Å². The number of hydrogen-bond acceptors (Lipinski definition) is 4. The molecule has 7 heteroatoms. The van der Waals surface area contributed by atoms with Crippen LogP contribution in [0.4, 0.5) is 5.82 Å². The van der Waals surface area contributed by atoms with Crippen molar-refractivity contribution in [3.05, 3.63) is 60.9 Å². The van der Waals surface area contributed by atoms with Gasteiger partial charge in [0.15, 0.2) is 5.56 Å². The fraction of sp³-hybridized carbons (Fsp3) is 0.316. The highest BCUT2D eigenvalue weighted by Gasteiger charge is 2.16. The van der Waals surface area contributed by atoms with Gasteiger partial charge in [-0.1, -0.05) is 11.6 Å². The van der Waals surface area contributed by atoms with E-state index in [0.29, 0.717) is 6.54 Å². The van der Waals surface area contributed by atoms with Gasteiger partial charge in [0, 0.05) is 31.7 Å². The second kappa shape index (κ2) is 6.23. The largest absolute Gasteiger partial charge is 0.366 e. The van der Waals surface area contributed by atoms with Crippen molar-refractivity contribution in [2.24, 2.45) is 14.1 Å². The summed E-state index contributed by atoms with van der Waals surface area (Å²) in [5.41, 5.74) is 4.30. The van der Waals surface area contributed by atoms with E-state index in [1.807, 2.05) is 19.9 Å². The SMILES string of the molecule is Cc1cc(CNc2c(C#N)c(=O)n(C)c(=O)n2C)c2[nH]c(C)c(C)c2c1. The molecule has 0 aliphatic rings. The van der Waals surface area contributed by atoms with Crippen LogP contribution in [0.1, 0.15) is 27.9 Å². The summed E-state index contributed by atoms with van der Waals surface area (Å²) < 4.78 is 2.23. The lowest BCUT2D eigenvalue weighted by molar-refractivity contribution is 0.685. The van der Waals surface area contributed by atoms with Crippen molar-refractivity contribution in [2.45, 2.75) is 27.3 Å². The number of aryl methyl sites for hydroxylation is 3. The molecule has 2 N–H and O–H groups in total. The summed E-state index contributed by atoms with van der Waals surface area (Å²) in [4.78, 5) is 27.8. The van der Waals surface area contributed by atoms with Crippen LogP contribution >= 0.6 is 0 Å². The van der Waals surface area contributed by atoms with Gasteiger partial charge in [0.1, 0.15) is 11.9 Å². The number of fused-ring (bicyclic) bond motifs is 1. The van der Waals surface area contributed by atoms with E-state index in [1.54, 1.807) is 7.05 Å². The third kappa shape index (κ3) is 2.60. The van der Waals surface area contributed by atoms with E-state index in [-0.39, 0.29) is 11.4 Å². The van der Waals surface area contributed by atoms with Gasteiger partial charge in [0.25, 0.3) is 5.56 Å². The number of aromatic amines is 1. The number of nitrogens with one attached hydrogen (secondary N) is 2. The minimum absolute atomic E-state index is 0.0719. The van der Waals surface area contributed by atoms with Crippen molar-refractivity contribution >= 4 is 16.7 Å². The standard InChI is InChI=1S/C19H21N5O2/c1-10-6-13(16-14(7-10)11(2)12(3)22-16)9-21-17-15(8-20)18(25)24(5)19(26)23(17)4/h6-7,21-22H,9H2,1-5H3. The van der Waals surface area contributed by atoms with E-state index >= 15 is 0 Å². The van der Waals surface area contributed by atoms with Crippen LogP contribution in [-0.4, -0.2) is 14.1 Å². The maximum absolute atomic E-state index is 12.2. The Kier molecular flexibility index (Phi) is 4.20. The maximum atomic E-state index is 12.2. The van der Waals surface area contributed by atoms with E-state index in [2.05, 4.69) is 29.4 Å². The van der Waals surface area contributed by atoms with Crippen LogP contribution < -0.4 is 16.6 Å². The molecule has 26 heavy (non-hydrogen) atoms. The lowest BCUT2D eigenvalue weighted by atomic mass is 10.0. The number of nitrogens with zero attached hydrogens (tertiary/aromatic N) is 3. The number of nitriles is 1. The van der Waals surface area contributed by atoms with Crippen molar-refractivity contribution < 1.29 is 0 Å². The van der Waals surface area contributed by atoms with Gasteiger partial charge in [-0.25, -0.2) is 4.79 Å². The number of benzene rings is 1. The number of anilines is 1. The minimum Gasteiger partial charge on any atom is -0.366 e. The second-order valence-corrected chi connectivity index (χ2v) is 6.62. The monoisotopic (exact) mass is 351 g/mol. The smallest absolute Gasteiger partial charge is 0.332 e. The first-order valence-corrected chi connectivity index (χ1v) is 8.28. The molecule has 0 fully saturated rings. The summed E-state index contributed by atoms with van der Waals surface area (Å²) in [5, 5.41) is 13.6. The van der Waals surface area contributed by atoms with Gasteiger partial charge in [0.05, 0.1) is 5.52 Å². The Morgan fingerprint density at radius 2 is 1.85 bits per heavy atom. The van der Waals surface area contributed by atoms with Crippen molar-refractivity contribution in [1.29, 1.82) is 5.26 Å². The summed E-state index contributed by atoms with van der Waals surface area (Å²) in [6, 6.07) is 6.09. The Bertz CT molecular complexity index is 1190. The molecule has 0 saturated heterocycles. The summed E-state index contributed by atoms with van der Waals surface area (Å²) in [6.45, 7) is 6.51. The van der Waals surface area contributed by atoms with Gasteiger partial charge in [0.2, 0.25) is 0 Å². The third-order valence-electron chi connectivity index (χ3n) is 4.87. The Labute approximate surface area is 150 Å². The van der Waals surface area contributed by atoms with Crippen LogP contribution in [0, 0.1) is 32.1 Å². The molecule has 0 radical (unpaired) electrons. The van der Waals surface area contributed by atoms with E-state index in [0.717, 1.165) is 32.3 Å². The van der Waals surface area contributed by atoms with Crippen LogP contribution in [0.15, 0.2) is 21.7 Å². The Morgan fingerprint density at radius 3 is 2.50 bits per heavy atom. The number of H-pyrrole nitrogens is 1. The molecule has 0 saturated carbocycles. The quantitative estimate of drug-likeness (QED) is 0.754. The highest BCUT2D eigenvalue weighted by Crippen LogP contribution is 2.26. The first-order chi connectivity index (χ1) is 12.3. The second-order valence-electron chi connectivity index (χ2n) is 6.62. The lowest BCUT2D eigenvalue weighted by Crippen LogP contribution is -2.39. The number of rotatable bonds is 3. The average molecular weight is 351 g/mol. The first kappa shape index (κ1) is 17.5. The zero-order valence-corrected chi connectivity index (χ0v) is 15.5. The molecule has 2 aromatic heterocycles. The molecule has 0 atom stereocenters. The van der Waals surface area contributed by atoms with Gasteiger partial charge < -0.3 is 10.3 Å². The molecule has 3 aromatic rings. The van der Waals surface area contributed by atoms with Gasteiger partial charge in [-0.05, 0) is 38.0 Å². The van der Waals surface area contributed by atoms with E-state index in [1.165, 1.54) is 17.2 Å². The van der Waals surface area contributed by atoms with E-state index < -0.39 is 11.2 Å². The van der Waals surface area contributed by atoms with Crippen LogP contribution in [0.3, 0.4) is 0 Å².